The average molecular weight is 915 g/mol. The van der Waals surface area contributed by atoms with Crippen molar-refractivity contribution in [2.75, 3.05) is 40.9 Å². The molecule has 0 heterocycles. The van der Waals surface area contributed by atoms with Crippen molar-refractivity contribution in [3.05, 3.63) is 0 Å². The molecule has 1 amide bonds. The lowest BCUT2D eigenvalue weighted by Crippen LogP contribution is -2.46. The molecular weight excluding hydrogens is 804 g/mol. The van der Waals surface area contributed by atoms with Gasteiger partial charge < -0.3 is 28.8 Å². The molecule has 0 aliphatic rings. The van der Waals surface area contributed by atoms with Crippen LogP contribution in [0.4, 0.5) is 0 Å². The number of amides is 1. The van der Waals surface area contributed by atoms with Crippen LogP contribution in [-0.4, -0.2) is 68.5 Å². The fourth-order valence-corrected chi connectivity index (χ4v) is 9.41. The van der Waals surface area contributed by atoms with E-state index in [-0.39, 0.29) is 19.1 Å². The summed E-state index contributed by atoms with van der Waals surface area (Å²) in [5, 5.41) is 13.9. The van der Waals surface area contributed by atoms with Gasteiger partial charge in [0.2, 0.25) is 5.91 Å². The van der Waals surface area contributed by atoms with Crippen molar-refractivity contribution in [1.29, 1.82) is 0 Å². The quantitative estimate of drug-likeness (QED) is 0.0357. The molecule has 0 aromatic heterocycles. The number of phosphoric acid groups is 1. The summed E-state index contributed by atoms with van der Waals surface area (Å²) in [6, 6.07) is -0.792. The number of carbonyl (C=O) groups is 1. The number of hydrogen-bond acceptors (Lipinski definition) is 6. The summed E-state index contributed by atoms with van der Waals surface area (Å²) in [6.45, 7) is 4.72. The van der Waals surface area contributed by atoms with Gasteiger partial charge in [0.25, 0.3) is 7.82 Å². The van der Waals surface area contributed by atoms with E-state index in [0.29, 0.717) is 23.9 Å². The first-order chi connectivity index (χ1) is 30.5. The topological polar surface area (TPSA) is 108 Å². The number of hydrogen-bond donors (Lipinski definition) is 2. The zero-order valence-corrected chi connectivity index (χ0v) is 44.0. The number of nitrogens with one attached hydrogen (secondary N) is 1. The van der Waals surface area contributed by atoms with Crippen molar-refractivity contribution in [3.63, 3.8) is 0 Å². The number of aliphatic hydroxyl groups excluding tert-OH is 1. The van der Waals surface area contributed by atoms with Crippen LogP contribution in [0.25, 0.3) is 0 Å². The third-order valence-electron chi connectivity index (χ3n) is 13.1. The summed E-state index contributed by atoms with van der Waals surface area (Å²) >= 11 is 0. The molecule has 0 aromatic rings. The Hall–Kier alpha value is -0.500. The Balaban J connectivity index is 3.81. The lowest BCUT2D eigenvalue weighted by Gasteiger charge is -2.30. The maximum atomic E-state index is 12.9. The molecule has 0 spiro atoms. The van der Waals surface area contributed by atoms with Crippen LogP contribution in [0.5, 0.6) is 0 Å². The lowest BCUT2D eigenvalue weighted by atomic mass is 10.0. The molecule has 378 valence electrons. The monoisotopic (exact) mass is 915 g/mol. The summed E-state index contributed by atoms with van der Waals surface area (Å²) in [4.78, 5) is 25.3. The van der Waals surface area contributed by atoms with Gasteiger partial charge in [-0.2, -0.15) is 0 Å². The van der Waals surface area contributed by atoms with Crippen molar-refractivity contribution < 1.29 is 32.9 Å². The molecule has 63 heavy (non-hydrogen) atoms. The number of unbranched alkanes of at least 4 members (excludes halogenated alkanes) is 39. The van der Waals surface area contributed by atoms with Gasteiger partial charge in [0.15, 0.2) is 0 Å². The highest BCUT2D eigenvalue weighted by molar-refractivity contribution is 7.45. The SMILES string of the molecule is CCCCCCCCCCCCCCCCCCCCCCCCCCCCCCCCCCCC(=O)NC(COP(=O)([O-])OCC[N+](C)(C)C)C(O)CCCCCCCCCC. The highest BCUT2D eigenvalue weighted by Crippen LogP contribution is 2.38. The van der Waals surface area contributed by atoms with Gasteiger partial charge in [0.05, 0.1) is 39.9 Å². The Bertz CT molecular complexity index is 994. The van der Waals surface area contributed by atoms with Crippen LogP contribution in [0.15, 0.2) is 0 Å². The zero-order valence-electron chi connectivity index (χ0n) is 43.1. The minimum Gasteiger partial charge on any atom is -0.756 e. The Labute approximate surface area is 393 Å². The molecule has 0 saturated carbocycles. The number of phosphoric ester groups is 1. The molecule has 0 aliphatic heterocycles. The molecule has 0 saturated heterocycles. The minimum atomic E-state index is -4.55. The summed E-state index contributed by atoms with van der Waals surface area (Å²) in [5.41, 5.74) is 0. The highest BCUT2D eigenvalue weighted by Gasteiger charge is 2.24. The molecule has 0 fully saturated rings. The van der Waals surface area contributed by atoms with Crippen LogP contribution in [-0.2, 0) is 18.4 Å². The Kier molecular flexibility index (Phi) is 46.2. The van der Waals surface area contributed by atoms with Crippen LogP contribution in [0, 0.1) is 0 Å². The average Bonchev–Trinajstić information content (AvgIpc) is 3.24. The number of carbonyl (C=O) groups excluding carboxylic acids is 1. The van der Waals surface area contributed by atoms with E-state index in [1.165, 1.54) is 225 Å². The number of aliphatic hydroxyl groups is 1. The molecular formula is C54H111N2O6P. The molecule has 0 rings (SSSR count). The largest absolute Gasteiger partial charge is 0.756 e. The molecule has 0 radical (unpaired) electrons. The van der Waals surface area contributed by atoms with Crippen molar-refractivity contribution in [2.45, 2.75) is 302 Å². The first-order valence-electron chi connectivity index (χ1n) is 27.9. The smallest absolute Gasteiger partial charge is 0.268 e. The number of likely N-dealkylation sites (N-methyl/N-ethyl adjacent to an activating group) is 1. The fraction of sp³-hybridized carbons (Fsp3) is 0.981. The minimum absolute atomic E-state index is 0.0157. The third kappa shape index (κ3) is 49.2. The second-order valence-electron chi connectivity index (χ2n) is 20.7. The molecule has 2 N–H and O–H groups in total. The first-order valence-corrected chi connectivity index (χ1v) is 29.3. The molecule has 3 atom stereocenters. The van der Waals surface area contributed by atoms with Crippen molar-refractivity contribution in [3.8, 4) is 0 Å². The van der Waals surface area contributed by atoms with E-state index in [1.54, 1.807) is 0 Å². The molecule has 8 nitrogen and oxygen atoms in total. The van der Waals surface area contributed by atoms with Crippen LogP contribution < -0.4 is 10.2 Å². The normalized spacial score (nSPS) is 14.0. The Morgan fingerprint density at radius 2 is 0.778 bits per heavy atom. The maximum absolute atomic E-state index is 12.9. The Morgan fingerprint density at radius 1 is 0.492 bits per heavy atom. The molecule has 0 bridgehead atoms. The van der Waals surface area contributed by atoms with E-state index >= 15 is 0 Å². The second kappa shape index (κ2) is 46.6. The van der Waals surface area contributed by atoms with Gasteiger partial charge in [-0.1, -0.05) is 271 Å². The molecule has 3 unspecified atom stereocenters. The van der Waals surface area contributed by atoms with E-state index < -0.39 is 20.0 Å². The van der Waals surface area contributed by atoms with E-state index in [1.807, 2.05) is 21.1 Å². The number of quaternary nitrogens is 1. The van der Waals surface area contributed by atoms with Crippen LogP contribution in [0.2, 0.25) is 0 Å². The van der Waals surface area contributed by atoms with Crippen molar-refractivity contribution in [2.24, 2.45) is 0 Å². The van der Waals surface area contributed by atoms with Crippen LogP contribution >= 0.6 is 7.82 Å². The summed E-state index contributed by atoms with van der Waals surface area (Å²) in [5.74, 6) is -0.161. The number of rotatable bonds is 52. The summed E-state index contributed by atoms with van der Waals surface area (Å²) < 4.78 is 23.2. The lowest BCUT2D eigenvalue weighted by molar-refractivity contribution is -0.870. The van der Waals surface area contributed by atoms with Crippen LogP contribution in [0.1, 0.15) is 290 Å². The van der Waals surface area contributed by atoms with Gasteiger partial charge in [0, 0.05) is 6.42 Å². The van der Waals surface area contributed by atoms with E-state index in [0.717, 1.165) is 38.5 Å². The fourth-order valence-electron chi connectivity index (χ4n) is 8.69. The standard InChI is InChI=1S/C54H111N2O6P/c1-6-8-10-12-14-16-17-18-19-20-21-22-23-24-25-26-27-28-29-30-31-32-33-34-35-36-37-38-39-40-42-44-46-48-54(58)55-52(51-62-63(59,60)61-50-49-56(3,4)5)53(57)47-45-43-41-15-13-11-9-7-2/h52-53,57H,6-51H2,1-5H3,(H-,55,58,59,60). The van der Waals surface area contributed by atoms with Gasteiger partial charge in [-0.3, -0.25) is 9.36 Å². The molecule has 0 aromatic carbocycles. The van der Waals surface area contributed by atoms with E-state index in [2.05, 4.69) is 19.2 Å². The Morgan fingerprint density at radius 3 is 1.08 bits per heavy atom. The predicted molar refractivity (Wildman–Crippen MR) is 270 cm³/mol. The zero-order chi connectivity index (χ0) is 46.4. The van der Waals surface area contributed by atoms with E-state index in [9.17, 15) is 19.4 Å². The van der Waals surface area contributed by atoms with Crippen molar-refractivity contribution >= 4 is 13.7 Å². The maximum Gasteiger partial charge on any atom is 0.268 e. The summed E-state index contributed by atoms with van der Waals surface area (Å²) in [7, 11) is 1.32. The van der Waals surface area contributed by atoms with Crippen molar-refractivity contribution in [1.82, 2.24) is 5.32 Å². The van der Waals surface area contributed by atoms with E-state index in [4.69, 9.17) is 9.05 Å². The summed E-state index contributed by atoms with van der Waals surface area (Å²) in [6.07, 6.45) is 54.6. The highest BCUT2D eigenvalue weighted by atomic mass is 31.2. The van der Waals surface area contributed by atoms with Gasteiger partial charge in [-0.15, -0.1) is 0 Å². The predicted octanol–water partition coefficient (Wildman–Crippen LogP) is 15.9. The second-order valence-corrected chi connectivity index (χ2v) is 22.1. The molecule has 0 aliphatic carbocycles. The van der Waals surface area contributed by atoms with Crippen LogP contribution in [0.3, 0.4) is 0 Å². The van der Waals surface area contributed by atoms with Gasteiger partial charge >= 0.3 is 0 Å². The van der Waals surface area contributed by atoms with Gasteiger partial charge in [-0.25, -0.2) is 0 Å². The van der Waals surface area contributed by atoms with Gasteiger partial charge in [-0.05, 0) is 12.8 Å². The van der Waals surface area contributed by atoms with Gasteiger partial charge in [0.1, 0.15) is 13.2 Å². The third-order valence-corrected chi connectivity index (χ3v) is 14.1. The number of nitrogens with zero attached hydrogens (tertiary/aromatic N) is 1. The first kappa shape index (κ1) is 62.5. The molecule has 9 heteroatoms.